The molecule has 0 radical (unpaired) electrons. The van der Waals surface area contributed by atoms with Gasteiger partial charge in [0.05, 0.1) is 31.6 Å². The first-order valence-electron chi connectivity index (χ1n) is 11.1. The van der Waals surface area contributed by atoms with Gasteiger partial charge < -0.3 is 26.3 Å². The topological polar surface area (TPSA) is 125 Å². The van der Waals surface area contributed by atoms with Gasteiger partial charge in [-0.3, -0.25) is 0 Å². The van der Waals surface area contributed by atoms with Crippen molar-refractivity contribution in [1.82, 2.24) is 9.97 Å². The highest BCUT2D eigenvalue weighted by molar-refractivity contribution is 5.89. The standard InChI is InChI=1S/C27H27N5O3/c1-34-26(33)21-9-7-18(8-10-21)15-30-22-13-11-20(12-14-22)24-23(31-27(29)32-25(24)28)17-35-16-19-5-3-2-4-6-19/h2-14,30H,15-17H2,1H3,(H4,28,29,31,32). The summed E-state index contributed by atoms with van der Waals surface area (Å²) in [4.78, 5) is 20.1. The molecule has 0 aliphatic heterocycles. The predicted molar refractivity (Wildman–Crippen MR) is 136 cm³/mol. The number of nitrogens with zero attached hydrogens (tertiary/aromatic N) is 2. The first kappa shape index (κ1) is 23.7. The van der Waals surface area contributed by atoms with Crippen LogP contribution in [-0.2, 0) is 29.2 Å². The summed E-state index contributed by atoms with van der Waals surface area (Å²) in [6, 6.07) is 25.0. The van der Waals surface area contributed by atoms with Crippen LogP contribution in [0.1, 0.15) is 27.2 Å². The lowest BCUT2D eigenvalue weighted by molar-refractivity contribution is 0.0600. The van der Waals surface area contributed by atoms with E-state index < -0.39 is 0 Å². The monoisotopic (exact) mass is 469 g/mol. The maximum Gasteiger partial charge on any atom is 0.337 e. The highest BCUT2D eigenvalue weighted by Crippen LogP contribution is 2.30. The number of hydrogen-bond acceptors (Lipinski definition) is 8. The number of nitrogens with one attached hydrogen (secondary N) is 1. The molecule has 0 bridgehead atoms. The molecule has 0 spiro atoms. The number of aromatic nitrogens is 2. The Kier molecular flexibility index (Phi) is 7.54. The minimum Gasteiger partial charge on any atom is -0.465 e. The highest BCUT2D eigenvalue weighted by Gasteiger charge is 2.14. The zero-order valence-electron chi connectivity index (χ0n) is 19.4. The molecule has 8 nitrogen and oxygen atoms in total. The van der Waals surface area contributed by atoms with Crippen LogP contribution < -0.4 is 16.8 Å². The number of rotatable bonds is 9. The number of ether oxygens (including phenoxy) is 2. The molecule has 3 aromatic carbocycles. The van der Waals surface area contributed by atoms with E-state index in [0.29, 0.717) is 35.8 Å². The molecule has 0 saturated heterocycles. The molecule has 4 rings (SSSR count). The van der Waals surface area contributed by atoms with Crippen LogP contribution in [0.25, 0.3) is 11.1 Å². The number of methoxy groups -OCH3 is 1. The fourth-order valence-electron chi connectivity index (χ4n) is 3.64. The van der Waals surface area contributed by atoms with Crippen LogP contribution in [0.2, 0.25) is 0 Å². The van der Waals surface area contributed by atoms with E-state index in [0.717, 1.165) is 22.4 Å². The Morgan fingerprint density at radius 1 is 0.857 bits per heavy atom. The lowest BCUT2D eigenvalue weighted by Gasteiger charge is -2.14. The summed E-state index contributed by atoms with van der Waals surface area (Å²) < 4.78 is 10.6. The molecule has 0 amide bonds. The van der Waals surface area contributed by atoms with Gasteiger partial charge >= 0.3 is 5.97 Å². The van der Waals surface area contributed by atoms with Gasteiger partial charge in [-0.25, -0.2) is 9.78 Å². The smallest absolute Gasteiger partial charge is 0.337 e. The fraction of sp³-hybridized carbons (Fsp3) is 0.148. The number of carbonyl (C=O) groups is 1. The second kappa shape index (κ2) is 11.1. The van der Waals surface area contributed by atoms with Crippen LogP contribution in [0.15, 0.2) is 78.9 Å². The van der Waals surface area contributed by atoms with E-state index in [2.05, 4.69) is 15.3 Å². The third-order valence-corrected chi connectivity index (χ3v) is 5.42. The van der Waals surface area contributed by atoms with Gasteiger partial charge in [0.25, 0.3) is 0 Å². The molecular formula is C27H27N5O3. The van der Waals surface area contributed by atoms with Crippen LogP contribution in [0.4, 0.5) is 17.5 Å². The normalized spacial score (nSPS) is 10.7. The zero-order chi connectivity index (χ0) is 24.6. The van der Waals surface area contributed by atoms with E-state index in [1.807, 2.05) is 66.7 Å². The van der Waals surface area contributed by atoms with Gasteiger partial charge in [-0.05, 0) is 41.0 Å². The highest BCUT2D eigenvalue weighted by atomic mass is 16.5. The minimum atomic E-state index is -0.351. The third kappa shape index (κ3) is 6.13. The van der Waals surface area contributed by atoms with Crippen molar-refractivity contribution in [2.24, 2.45) is 0 Å². The summed E-state index contributed by atoms with van der Waals surface area (Å²) in [5, 5.41) is 3.37. The van der Waals surface area contributed by atoms with Gasteiger partial charge in [0, 0.05) is 17.8 Å². The minimum absolute atomic E-state index is 0.112. The number of benzene rings is 3. The summed E-state index contributed by atoms with van der Waals surface area (Å²) in [5.41, 5.74) is 17.8. The molecule has 5 N–H and O–H groups in total. The molecule has 8 heteroatoms. The van der Waals surface area contributed by atoms with Crippen LogP contribution in [-0.4, -0.2) is 23.0 Å². The van der Waals surface area contributed by atoms with E-state index in [-0.39, 0.29) is 18.5 Å². The molecule has 0 atom stereocenters. The predicted octanol–water partition coefficient (Wildman–Crippen LogP) is 4.42. The van der Waals surface area contributed by atoms with Gasteiger partial charge in [0.15, 0.2) is 0 Å². The van der Waals surface area contributed by atoms with Crippen LogP contribution >= 0.6 is 0 Å². The molecule has 4 aromatic rings. The average Bonchev–Trinajstić information content (AvgIpc) is 2.88. The quantitative estimate of drug-likeness (QED) is 0.308. The number of nitrogen functional groups attached to an aromatic ring is 2. The number of carbonyl (C=O) groups excluding carboxylic acids is 1. The lowest BCUT2D eigenvalue weighted by atomic mass is 10.0. The zero-order valence-corrected chi connectivity index (χ0v) is 19.4. The van der Waals surface area contributed by atoms with E-state index in [1.54, 1.807) is 12.1 Å². The van der Waals surface area contributed by atoms with Crippen molar-refractivity contribution < 1.29 is 14.3 Å². The maximum atomic E-state index is 11.6. The first-order valence-corrected chi connectivity index (χ1v) is 11.1. The molecule has 0 unspecified atom stereocenters. The maximum absolute atomic E-state index is 11.6. The molecule has 0 fully saturated rings. The molecule has 1 heterocycles. The largest absolute Gasteiger partial charge is 0.465 e. The SMILES string of the molecule is COC(=O)c1ccc(CNc2ccc(-c3c(N)nc(N)nc3COCc3ccccc3)cc2)cc1. The molecular weight excluding hydrogens is 442 g/mol. The molecule has 178 valence electrons. The second-order valence-corrected chi connectivity index (χ2v) is 7.89. The Bertz CT molecular complexity index is 1280. The number of hydrogen-bond donors (Lipinski definition) is 3. The second-order valence-electron chi connectivity index (χ2n) is 7.89. The van der Waals surface area contributed by atoms with Crippen molar-refractivity contribution in [1.29, 1.82) is 0 Å². The Labute approximate surface area is 203 Å². The van der Waals surface area contributed by atoms with Crippen molar-refractivity contribution in [3.8, 4) is 11.1 Å². The van der Waals surface area contributed by atoms with Crippen LogP contribution in [0.5, 0.6) is 0 Å². The first-order chi connectivity index (χ1) is 17.0. The Balaban J connectivity index is 1.43. The molecule has 1 aromatic heterocycles. The summed E-state index contributed by atoms with van der Waals surface area (Å²) >= 11 is 0. The Hall–Kier alpha value is -4.43. The molecule has 35 heavy (non-hydrogen) atoms. The number of nitrogens with two attached hydrogens (primary N) is 2. The van der Waals surface area contributed by atoms with E-state index in [1.165, 1.54) is 7.11 Å². The molecule has 0 saturated carbocycles. The van der Waals surface area contributed by atoms with Gasteiger partial charge in [0.1, 0.15) is 5.82 Å². The summed E-state index contributed by atoms with van der Waals surface area (Å²) in [7, 11) is 1.37. The van der Waals surface area contributed by atoms with Crippen LogP contribution in [0.3, 0.4) is 0 Å². The lowest BCUT2D eigenvalue weighted by Crippen LogP contribution is -2.08. The number of anilines is 3. The summed E-state index contributed by atoms with van der Waals surface area (Å²) in [6.45, 7) is 1.31. The van der Waals surface area contributed by atoms with Gasteiger partial charge in [-0.15, -0.1) is 0 Å². The van der Waals surface area contributed by atoms with Crippen molar-refractivity contribution in [2.45, 2.75) is 19.8 Å². The van der Waals surface area contributed by atoms with Crippen molar-refractivity contribution >= 4 is 23.4 Å². The summed E-state index contributed by atoms with van der Waals surface area (Å²) in [5.74, 6) is 0.0686. The van der Waals surface area contributed by atoms with Crippen LogP contribution in [0, 0.1) is 0 Å². The van der Waals surface area contributed by atoms with Gasteiger partial charge in [-0.1, -0.05) is 54.6 Å². The Morgan fingerprint density at radius 3 is 2.26 bits per heavy atom. The molecule has 0 aliphatic rings. The van der Waals surface area contributed by atoms with Crippen molar-refractivity contribution in [3.05, 3.63) is 101 Å². The van der Waals surface area contributed by atoms with Crippen molar-refractivity contribution in [2.75, 3.05) is 23.9 Å². The van der Waals surface area contributed by atoms with E-state index in [4.69, 9.17) is 20.9 Å². The summed E-state index contributed by atoms with van der Waals surface area (Å²) in [6.07, 6.45) is 0. The Morgan fingerprint density at radius 2 is 1.57 bits per heavy atom. The number of esters is 1. The third-order valence-electron chi connectivity index (χ3n) is 5.42. The molecule has 0 aliphatic carbocycles. The average molecular weight is 470 g/mol. The van der Waals surface area contributed by atoms with E-state index >= 15 is 0 Å². The van der Waals surface area contributed by atoms with Gasteiger partial charge in [0.2, 0.25) is 5.95 Å². The fourth-order valence-corrected chi connectivity index (χ4v) is 3.64. The van der Waals surface area contributed by atoms with Crippen molar-refractivity contribution in [3.63, 3.8) is 0 Å². The van der Waals surface area contributed by atoms with E-state index in [9.17, 15) is 4.79 Å². The van der Waals surface area contributed by atoms with Gasteiger partial charge in [-0.2, -0.15) is 4.98 Å².